The number of tetrazole rings is 1. The third kappa shape index (κ3) is 3.64. The summed E-state index contributed by atoms with van der Waals surface area (Å²) in [5, 5.41) is 14.1. The van der Waals surface area contributed by atoms with Crippen molar-refractivity contribution >= 4 is 18.3 Å². The summed E-state index contributed by atoms with van der Waals surface area (Å²) in [6.07, 6.45) is 3.47. The molecule has 1 amide bonds. The minimum absolute atomic E-state index is 0. The van der Waals surface area contributed by atoms with Gasteiger partial charge in [0.2, 0.25) is 5.91 Å². The summed E-state index contributed by atoms with van der Waals surface area (Å²) in [6.45, 7) is 4.99. The standard InChI is InChI=1S/C10H18N6O.ClH/c1-2-5-16(9-3-4-11-6-9)10(17)7-15-8-12-13-14-15;/h8-9,11H,2-7H2,1H3;1H. The van der Waals surface area contributed by atoms with Crippen LogP contribution in [0.25, 0.3) is 0 Å². The fourth-order valence-corrected chi connectivity index (χ4v) is 2.14. The molecule has 0 aromatic carbocycles. The number of hydrogen-bond acceptors (Lipinski definition) is 5. The van der Waals surface area contributed by atoms with Crippen LogP contribution in [0, 0.1) is 0 Å². The van der Waals surface area contributed by atoms with Gasteiger partial charge in [-0.2, -0.15) is 0 Å². The lowest BCUT2D eigenvalue weighted by Crippen LogP contribution is -2.43. The summed E-state index contributed by atoms with van der Waals surface area (Å²) in [5.41, 5.74) is 0. The van der Waals surface area contributed by atoms with E-state index < -0.39 is 0 Å². The number of amides is 1. The molecule has 0 spiro atoms. The average Bonchev–Trinajstić information content (AvgIpc) is 2.97. The molecule has 8 heteroatoms. The highest BCUT2D eigenvalue weighted by atomic mass is 35.5. The zero-order valence-electron chi connectivity index (χ0n) is 10.4. The SMILES string of the molecule is CCCN(C(=O)Cn1cnnn1)C1CCNC1.Cl. The number of carbonyl (C=O) groups excluding carboxylic acids is 1. The number of hydrogen-bond donors (Lipinski definition) is 1. The fourth-order valence-electron chi connectivity index (χ4n) is 2.14. The normalized spacial score (nSPS) is 18.4. The Labute approximate surface area is 112 Å². The molecule has 18 heavy (non-hydrogen) atoms. The molecule has 1 saturated heterocycles. The Morgan fingerprint density at radius 2 is 2.44 bits per heavy atom. The molecule has 0 saturated carbocycles. The quantitative estimate of drug-likeness (QED) is 0.798. The molecule has 1 aliphatic rings. The molecule has 7 nitrogen and oxygen atoms in total. The lowest BCUT2D eigenvalue weighted by molar-refractivity contribution is -0.134. The van der Waals surface area contributed by atoms with Crippen LogP contribution in [0.3, 0.4) is 0 Å². The highest BCUT2D eigenvalue weighted by molar-refractivity contribution is 5.85. The molecule has 1 N–H and O–H groups in total. The van der Waals surface area contributed by atoms with Gasteiger partial charge in [0.15, 0.2) is 0 Å². The van der Waals surface area contributed by atoms with E-state index in [4.69, 9.17) is 0 Å². The number of halogens is 1. The Morgan fingerprint density at radius 3 is 3.00 bits per heavy atom. The third-order valence-electron chi connectivity index (χ3n) is 2.95. The highest BCUT2D eigenvalue weighted by Crippen LogP contribution is 2.10. The van der Waals surface area contributed by atoms with E-state index in [0.29, 0.717) is 6.04 Å². The summed E-state index contributed by atoms with van der Waals surface area (Å²) < 4.78 is 1.47. The monoisotopic (exact) mass is 274 g/mol. The number of aromatic nitrogens is 4. The van der Waals surface area contributed by atoms with E-state index in [1.807, 2.05) is 4.90 Å². The van der Waals surface area contributed by atoms with E-state index in [1.54, 1.807) is 0 Å². The summed E-state index contributed by atoms with van der Waals surface area (Å²) in [7, 11) is 0. The van der Waals surface area contributed by atoms with Crippen molar-refractivity contribution in [2.24, 2.45) is 0 Å². The molecule has 0 radical (unpaired) electrons. The van der Waals surface area contributed by atoms with Crippen molar-refractivity contribution < 1.29 is 4.79 Å². The number of nitrogens with one attached hydrogen (secondary N) is 1. The van der Waals surface area contributed by atoms with Crippen molar-refractivity contribution in [1.29, 1.82) is 0 Å². The van der Waals surface area contributed by atoms with Gasteiger partial charge in [0.25, 0.3) is 0 Å². The first-order valence-electron chi connectivity index (χ1n) is 6.02. The van der Waals surface area contributed by atoms with Crippen LogP contribution in [-0.2, 0) is 11.3 Å². The van der Waals surface area contributed by atoms with Crippen molar-refractivity contribution in [1.82, 2.24) is 30.4 Å². The Balaban J connectivity index is 0.00000162. The van der Waals surface area contributed by atoms with Crippen LogP contribution in [0.4, 0.5) is 0 Å². The smallest absolute Gasteiger partial charge is 0.244 e. The molecule has 1 atom stereocenters. The molecule has 1 aromatic rings. The van der Waals surface area contributed by atoms with Crippen molar-refractivity contribution in [3.05, 3.63) is 6.33 Å². The average molecular weight is 275 g/mol. The molecule has 0 bridgehead atoms. The first-order valence-corrected chi connectivity index (χ1v) is 6.02. The molecule has 1 aromatic heterocycles. The lowest BCUT2D eigenvalue weighted by atomic mass is 10.2. The van der Waals surface area contributed by atoms with Gasteiger partial charge in [-0.3, -0.25) is 4.79 Å². The van der Waals surface area contributed by atoms with Gasteiger partial charge in [-0.25, -0.2) is 4.68 Å². The van der Waals surface area contributed by atoms with Gasteiger partial charge in [-0.05, 0) is 29.8 Å². The summed E-state index contributed by atoms with van der Waals surface area (Å²) in [6, 6.07) is 0.318. The first-order chi connectivity index (χ1) is 8.31. The molecule has 2 rings (SSSR count). The van der Waals surface area contributed by atoms with Crippen molar-refractivity contribution in [3.8, 4) is 0 Å². The van der Waals surface area contributed by atoms with Crippen molar-refractivity contribution in [2.45, 2.75) is 32.4 Å². The molecular weight excluding hydrogens is 256 g/mol. The second-order valence-electron chi connectivity index (χ2n) is 4.24. The van der Waals surface area contributed by atoms with Gasteiger partial charge in [0.1, 0.15) is 12.9 Å². The van der Waals surface area contributed by atoms with Crippen molar-refractivity contribution in [2.75, 3.05) is 19.6 Å². The zero-order valence-corrected chi connectivity index (χ0v) is 11.3. The minimum Gasteiger partial charge on any atom is -0.337 e. The Kier molecular flexibility index (Phi) is 6.00. The molecule has 1 aliphatic heterocycles. The molecular formula is C10H19ClN6O. The van der Waals surface area contributed by atoms with Crippen LogP contribution in [0.2, 0.25) is 0 Å². The van der Waals surface area contributed by atoms with Gasteiger partial charge in [0.05, 0.1) is 0 Å². The maximum atomic E-state index is 12.2. The van der Waals surface area contributed by atoms with E-state index in [9.17, 15) is 4.79 Å². The molecule has 1 unspecified atom stereocenters. The Hall–Kier alpha value is -1.21. The van der Waals surface area contributed by atoms with E-state index in [1.165, 1.54) is 11.0 Å². The van der Waals surface area contributed by atoms with Crippen LogP contribution >= 0.6 is 12.4 Å². The second kappa shape index (κ2) is 7.27. The van der Waals surface area contributed by atoms with E-state index in [-0.39, 0.29) is 24.9 Å². The number of rotatable bonds is 5. The number of carbonyl (C=O) groups is 1. The van der Waals surface area contributed by atoms with Gasteiger partial charge in [-0.1, -0.05) is 6.92 Å². The largest absolute Gasteiger partial charge is 0.337 e. The molecule has 102 valence electrons. The maximum Gasteiger partial charge on any atom is 0.244 e. The summed E-state index contributed by atoms with van der Waals surface area (Å²) in [5.74, 6) is 0.0906. The van der Waals surface area contributed by atoms with Crippen LogP contribution < -0.4 is 5.32 Å². The van der Waals surface area contributed by atoms with Crippen LogP contribution in [0.5, 0.6) is 0 Å². The summed E-state index contributed by atoms with van der Waals surface area (Å²) >= 11 is 0. The predicted octanol–water partition coefficient (Wildman–Crippen LogP) is -0.305. The van der Waals surface area contributed by atoms with Crippen molar-refractivity contribution in [3.63, 3.8) is 0 Å². The van der Waals surface area contributed by atoms with E-state index in [2.05, 4.69) is 27.8 Å². The predicted molar refractivity (Wildman–Crippen MR) is 68.3 cm³/mol. The molecule has 1 fully saturated rings. The van der Waals surface area contributed by atoms with Gasteiger partial charge in [0, 0.05) is 19.1 Å². The number of nitrogens with zero attached hydrogens (tertiary/aromatic N) is 5. The first kappa shape index (κ1) is 14.8. The maximum absolute atomic E-state index is 12.2. The van der Waals surface area contributed by atoms with Gasteiger partial charge < -0.3 is 10.2 Å². The van der Waals surface area contributed by atoms with Crippen LogP contribution in [0.1, 0.15) is 19.8 Å². The lowest BCUT2D eigenvalue weighted by Gasteiger charge is -2.28. The van der Waals surface area contributed by atoms with E-state index >= 15 is 0 Å². The van der Waals surface area contributed by atoms with Crippen LogP contribution in [0.15, 0.2) is 6.33 Å². The minimum atomic E-state index is 0. The zero-order chi connectivity index (χ0) is 12.1. The van der Waals surface area contributed by atoms with Gasteiger partial charge >= 0.3 is 0 Å². The molecule has 0 aliphatic carbocycles. The van der Waals surface area contributed by atoms with Gasteiger partial charge in [-0.15, -0.1) is 17.5 Å². The molecule has 2 heterocycles. The van der Waals surface area contributed by atoms with E-state index in [0.717, 1.165) is 32.5 Å². The Bertz CT molecular complexity index is 351. The topological polar surface area (TPSA) is 75.9 Å². The summed E-state index contributed by atoms with van der Waals surface area (Å²) in [4.78, 5) is 14.1. The Morgan fingerprint density at radius 1 is 1.61 bits per heavy atom. The third-order valence-corrected chi connectivity index (χ3v) is 2.95. The highest BCUT2D eigenvalue weighted by Gasteiger charge is 2.25. The fraction of sp³-hybridized carbons (Fsp3) is 0.800. The van der Waals surface area contributed by atoms with Crippen LogP contribution in [-0.4, -0.2) is 56.7 Å². The second-order valence-corrected chi connectivity index (χ2v) is 4.24.